The SMILES string of the molecule is CN(C)c1ccc(C=C2C(=O)NC(C)(c3ccccc3)NC2=O)cc1. The van der Waals surface area contributed by atoms with Crippen molar-refractivity contribution >= 4 is 23.6 Å². The molecule has 0 aliphatic carbocycles. The van der Waals surface area contributed by atoms with Crippen molar-refractivity contribution in [2.24, 2.45) is 0 Å². The third-order valence-corrected chi connectivity index (χ3v) is 4.29. The first-order chi connectivity index (χ1) is 11.9. The Kier molecular flexibility index (Phi) is 4.31. The quantitative estimate of drug-likeness (QED) is 0.668. The van der Waals surface area contributed by atoms with Crippen molar-refractivity contribution in [1.29, 1.82) is 0 Å². The molecule has 0 bridgehead atoms. The number of anilines is 1. The highest BCUT2D eigenvalue weighted by Gasteiger charge is 2.38. The molecule has 1 aliphatic heterocycles. The van der Waals surface area contributed by atoms with Crippen molar-refractivity contribution in [1.82, 2.24) is 10.6 Å². The maximum Gasteiger partial charge on any atom is 0.258 e. The first kappa shape index (κ1) is 16.8. The molecule has 0 aromatic heterocycles. The molecule has 5 heteroatoms. The zero-order valence-electron chi connectivity index (χ0n) is 14.5. The van der Waals surface area contributed by atoms with Gasteiger partial charge in [0, 0.05) is 19.8 Å². The maximum atomic E-state index is 12.5. The van der Waals surface area contributed by atoms with Gasteiger partial charge < -0.3 is 15.5 Å². The zero-order chi connectivity index (χ0) is 18.0. The fourth-order valence-electron chi connectivity index (χ4n) is 2.81. The van der Waals surface area contributed by atoms with Crippen LogP contribution < -0.4 is 15.5 Å². The second kappa shape index (κ2) is 6.43. The highest BCUT2D eigenvalue weighted by Crippen LogP contribution is 2.23. The highest BCUT2D eigenvalue weighted by atomic mass is 16.2. The Morgan fingerprint density at radius 1 is 0.880 bits per heavy atom. The van der Waals surface area contributed by atoms with Crippen LogP contribution in [0.15, 0.2) is 60.2 Å². The molecule has 2 aromatic carbocycles. The summed E-state index contributed by atoms with van der Waals surface area (Å²) in [5.41, 5.74) is 1.87. The fourth-order valence-corrected chi connectivity index (χ4v) is 2.81. The van der Waals surface area contributed by atoms with Crippen LogP contribution in [0.1, 0.15) is 18.1 Å². The van der Waals surface area contributed by atoms with Gasteiger partial charge in [-0.25, -0.2) is 0 Å². The van der Waals surface area contributed by atoms with Gasteiger partial charge in [0.15, 0.2) is 0 Å². The number of nitrogens with zero attached hydrogens (tertiary/aromatic N) is 1. The van der Waals surface area contributed by atoms with Gasteiger partial charge in [-0.2, -0.15) is 0 Å². The van der Waals surface area contributed by atoms with Crippen LogP contribution in [-0.4, -0.2) is 25.9 Å². The Morgan fingerprint density at radius 3 is 1.96 bits per heavy atom. The summed E-state index contributed by atoms with van der Waals surface area (Å²) in [5.74, 6) is -0.765. The van der Waals surface area contributed by atoms with Crippen molar-refractivity contribution < 1.29 is 9.59 Å². The Hall–Kier alpha value is -3.08. The number of benzene rings is 2. The maximum absolute atomic E-state index is 12.5. The van der Waals surface area contributed by atoms with E-state index >= 15 is 0 Å². The van der Waals surface area contributed by atoms with Gasteiger partial charge in [-0.05, 0) is 36.3 Å². The average Bonchev–Trinajstić information content (AvgIpc) is 2.59. The van der Waals surface area contributed by atoms with E-state index < -0.39 is 5.66 Å². The Bertz CT molecular complexity index is 804. The minimum absolute atomic E-state index is 0.103. The standard InChI is InChI=1S/C20H21N3O2/c1-20(15-7-5-4-6-8-15)21-18(24)17(19(25)22-20)13-14-9-11-16(12-10-14)23(2)3/h4-13H,1-3H3,(H,21,24)(H,22,25). The third kappa shape index (κ3) is 3.40. The molecule has 0 spiro atoms. The molecule has 0 radical (unpaired) electrons. The Labute approximate surface area is 147 Å². The topological polar surface area (TPSA) is 61.4 Å². The average molecular weight is 335 g/mol. The van der Waals surface area contributed by atoms with Crippen LogP contribution in [0, 0.1) is 0 Å². The monoisotopic (exact) mass is 335 g/mol. The summed E-state index contributed by atoms with van der Waals surface area (Å²) in [5, 5.41) is 5.78. The molecule has 5 nitrogen and oxygen atoms in total. The molecule has 25 heavy (non-hydrogen) atoms. The number of rotatable bonds is 3. The molecule has 2 amide bonds. The lowest BCUT2D eigenvalue weighted by atomic mass is 9.96. The van der Waals surface area contributed by atoms with Gasteiger partial charge in [0.25, 0.3) is 11.8 Å². The van der Waals surface area contributed by atoms with E-state index in [0.717, 1.165) is 16.8 Å². The summed E-state index contributed by atoms with van der Waals surface area (Å²) in [4.78, 5) is 27.0. The first-order valence-electron chi connectivity index (χ1n) is 8.09. The minimum atomic E-state index is -0.915. The number of carbonyl (C=O) groups excluding carboxylic acids is 2. The zero-order valence-corrected chi connectivity index (χ0v) is 14.5. The summed E-state index contributed by atoms with van der Waals surface area (Å²) in [6.45, 7) is 1.78. The van der Waals surface area contributed by atoms with Gasteiger partial charge in [-0.3, -0.25) is 9.59 Å². The number of hydrogen-bond donors (Lipinski definition) is 2. The van der Waals surface area contributed by atoms with Crippen LogP contribution in [0.25, 0.3) is 6.08 Å². The molecule has 1 aliphatic rings. The van der Waals surface area contributed by atoms with E-state index in [1.165, 1.54) is 0 Å². The van der Waals surface area contributed by atoms with Gasteiger partial charge in [0.05, 0.1) is 0 Å². The fraction of sp³-hybridized carbons (Fsp3) is 0.200. The molecule has 1 heterocycles. The molecule has 2 aromatic rings. The summed E-state index contributed by atoms with van der Waals surface area (Å²) in [6.07, 6.45) is 1.61. The normalized spacial score (nSPS) is 19.9. The molecular weight excluding hydrogens is 314 g/mol. The molecule has 1 fully saturated rings. The van der Waals surface area contributed by atoms with E-state index in [1.54, 1.807) is 13.0 Å². The van der Waals surface area contributed by atoms with Gasteiger partial charge in [0.2, 0.25) is 0 Å². The minimum Gasteiger partial charge on any atom is -0.378 e. The van der Waals surface area contributed by atoms with Crippen LogP contribution in [0.4, 0.5) is 5.69 Å². The molecule has 128 valence electrons. The second-order valence-corrected chi connectivity index (χ2v) is 6.44. The van der Waals surface area contributed by atoms with Crippen LogP contribution in [0.2, 0.25) is 0 Å². The third-order valence-electron chi connectivity index (χ3n) is 4.29. The predicted octanol–water partition coefficient (Wildman–Crippen LogP) is 2.25. The largest absolute Gasteiger partial charge is 0.378 e. The molecule has 0 unspecified atom stereocenters. The van der Waals surface area contributed by atoms with Crippen LogP contribution >= 0.6 is 0 Å². The van der Waals surface area contributed by atoms with Crippen molar-refractivity contribution in [2.45, 2.75) is 12.6 Å². The van der Waals surface area contributed by atoms with E-state index in [9.17, 15) is 9.59 Å². The summed E-state index contributed by atoms with van der Waals surface area (Å²) in [6, 6.07) is 17.0. The van der Waals surface area contributed by atoms with Gasteiger partial charge in [-0.15, -0.1) is 0 Å². The summed E-state index contributed by atoms with van der Waals surface area (Å²) in [7, 11) is 3.92. The number of carbonyl (C=O) groups is 2. The molecular formula is C20H21N3O2. The molecule has 2 N–H and O–H groups in total. The van der Waals surface area contributed by atoms with E-state index in [0.29, 0.717) is 0 Å². The van der Waals surface area contributed by atoms with Gasteiger partial charge in [0.1, 0.15) is 11.2 Å². The Balaban J connectivity index is 1.86. The number of amides is 2. The lowest BCUT2D eigenvalue weighted by Crippen LogP contribution is -2.62. The van der Waals surface area contributed by atoms with E-state index in [1.807, 2.05) is 73.6 Å². The molecule has 0 atom stereocenters. The van der Waals surface area contributed by atoms with Gasteiger partial charge in [-0.1, -0.05) is 42.5 Å². The van der Waals surface area contributed by atoms with E-state index in [4.69, 9.17) is 0 Å². The van der Waals surface area contributed by atoms with Crippen LogP contribution in [0.3, 0.4) is 0 Å². The Morgan fingerprint density at radius 2 is 1.44 bits per heavy atom. The predicted molar refractivity (Wildman–Crippen MR) is 98.8 cm³/mol. The highest BCUT2D eigenvalue weighted by molar-refractivity contribution is 6.23. The van der Waals surface area contributed by atoms with Crippen molar-refractivity contribution in [3.05, 3.63) is 71.3 Å². The van der Waals surface area contributed by atoms with E-state index in [2.05, 4.69) is 10.6 Å². The van der Waals surface area contributed by atoms with Crippen molar-refractivity contribution in [3.63, 3.8) is 0 Å². The lowest BCUT2D eigenvalue weighted by Gasteiger charge is -2.36. The summed E-state index contributed by atoms with van der Waals surface area (Å²) >= 11 is 0. The van der Waals surface area contributed by atoms with Gasteiger partial charge >= 0.3 is 0 Å². The number of hydrogen-bond acceptors (Lipinski definition) is 3. The van der Waals surface area contributed by atoms with Crippen molar-refractivity contribution in [3.8, 4) is 0 Å². The van der Waals surface area contributed by atoms with Crippen LogP contribution in [-0.2, 0) is 15.3 Å². The molecule has 1 saturated heterocycles. The van der Waals surface area contributed by atoms with E-state index in [-0.39, 0.29) is 17.4 Å². The van der Waals surface area contributed by atoms with Crippen molar-refractivity contribution in [2.75, 3.05) is 19.0 Å². The number of nitrogens with one attached hydrogen (secondary N) is 2. The van der Waals surface area contributed by atoms with Crippen LogP contribution in [0.5, 0.6) is 0 Å². The lowest BCUT2D eigenvalue weighted by molar-refractivity contribution is -0.130. The molecule has 3 rings (SSSR count). The molecule has 0 saturated carbocycles. The summed E-state index contributed by atoms with van der Waals surface area (Å²) < 4.78 is 0. The first-order valence-corrected chi connectivity index (χ1v) is 8.09. The smallest absolute Gasteiger partial charge is 0.258 e. The second-order valence-electron chi connectivity index (χ2n) is 6.44.